The van der Waals surface area contributed by atoms with Crippen LogP contribution in [0.4, 0.5) is 0 Å². The van der Waals surface area contributed by atoms with Crippen LogP contribution >= 0.6 is 0 Å². The molecule has 0 unspecified atom stereocenters. The number of hydrogen-bond acceptors (Lipinski definition) is 3. The molecule has 0 aliphatic carbocycles. The summed E-state index contributed by atoms with van der Waals surface area (Å²) >= 11 is 0. The molecule has 0 N–H and O–H groups in total. The Morgan fingerprint density at radius 2 is 1.76 bits per heavy atom. The highest BCUT2D eigenvalue weighted by atomic mass is 16.5. The monoisotopic (exact) mass is 395 g/mol. The van der Waals surface area contributed by atoms with Gasteiger partial charge in [0.25, 0.3) is 5.56 Å². The molecule has 1 atom stereocenters. The fourth-order valence-corrected chi connectivity index (χ4v) is 4.55. The summed E-state index contributed by atoms with van der Waals surface area (Å²) < 4.78 is 11.4. The molecule has 0 spiro atoms. The molecule has 3 aromatic rings. The first-order chi connectivity index (χ1) is 13.6. The summed E-state index contributed by atoms with van der Waals surface area (Å²) in [7, 11) is 3.29. The van der Waals surface area contributed by atoms with E-state index in [1.807, 2.05) is 30.3 Å². The summed E-state index contributed by atoms with van der Waals surface area (Å²) in [6.45, 7) is 9.11. The van der Waals surface area contributed by atoms with Crippen molar-refractivity contribution in [3.05, 3.63) is 56.9 Å². The summed E-state index contributed by atoms with van der Waals surface area (Å²) in [5.41, 5.74) is 2.53. The number of ether oxygens (including phenoxy) is 1. The highest BCUT2D eigenvalue weighted by Gasteiger charge is 2.40. The van der Waals surface area contributed by atoms with Gasteiger partial charge in [-0.05, 0) is 31.7 Å². The molecule has 6 heteroatoms. The van der Waals surface area contributed by atoms with Crippen molar-refractivity contribution in [1.82, 2.24) is 13.7 Å². The van der Waals surface area contributed by atoms with Crippen molar-refractivity contribution in [3.8, 4) is 11.3 Å². The fourth-order valence-electron chi connectivity index (χ4n) is 4.55. The Labute approximate surface area is 170 Å². The standard InChI is InChI=1S/C23H29N3O3/c1-14(2)12-16-19-20-17(21(27)25(6)22(28)24(20)5)18(15-10-8-7-9-11-15)26(19)23(3,4)13-29-16/h7-11,14,16H,12-13H2,1-6H3/t16-/m1/s1. The van der Waals surface area contributed by atoms with Crippen LogP contribution in [0.2, 0.25) is 0 Å². The molecule has 4 rings (SSSR count). The molecule has 29 heavy (non-hydrogen) atoms. The second kappa shape index (κ2) is 6.73. The van der Waals surface area contributed by atoms with E-state index in [-0.39, 0.29) is 22.9 Å². The number of hydrogen-bond donors (Lipinski definition) is 0. The second-order valence-electron chi connectivity index (χ2n) is 9.11. The third kappa shape index (κ3) is 2.89. The molecule has 1 aliphatic rings. The number of benzene rings is 1. The minimum atomic E-state index is -0.353. The highest BCUT2D eigenvalue weighted by Crippen LogP contribution is 2.44. The van der Waals surface area contributed by atoms with E-state index in [9.17, 15) is 9.59 Å². The van der Waals surface area contributed by atoms with Gasteiger partial charge in [0, 0.05) is 14.1 Å². The maximum absolute atomic E-state index is 13.3. The lowest BCUT2D eigenvalue weighted by atomic mass is 9.97. The summed E-state index contributed by atoms with van der Waals surface area (Å²) in [5.74, 6) is 0.420. The van der Waals surface area contributed by atoms with E-state index in [4.69, 9.17) is 4.74 Å². The van der Waals surface area contributed by atoms with Crippen LogP contribution < -0.4 is 11.2 Å². The predicted octanol–water partition coefficient (Wildman–Crippen LogP) is 3.56. The van der Waals surface area contributed by atoms with E-state index in [1.54, 1.807) is 18.7 Å². The summed E-state index contributed by atoms with van der Waals surface area (Å²) in [6, 6.07) is 9.97. The normalized spacial score (nSPS) is 18.4. The van der Waals surface area contributed by atoms with Gasteiger partial charge in [0.1, 0.15) is 0 Å². The van der Waals surface area contributed by atoms with Crippen molar-refractivity contribution < 1.29 is 4.74 Å². The molecule has 0 saturated heterocycles. The van der Waals surface area contributed by atoms with E-state index in [2.05, 4.69) is 32.3 Å². The Hall–Kier alpha value is -2.60. The summed E-state index contributed by atoms with van der Waals surface area (Å²) in [4.78, 5) is 26.1. The minimum absolute atomic E-state index is 0.166. The van der Waals surface area contributed by atoms with E-state index in [1.165, 1.54) is 4.57 Å². The second-order valence-corrected chi connectivity index (χ2v) is 9.11. The maximum atomic E-state index is 13.3. The van der Waals surface area contributed by atoms with Gasteiger partial charge in [-0.2, -0.15) is 0 Å². The largest absolute Gasteiger partial charge is 0.369 e. The maximum Gasteiger partial charge on any atom is 0.331 e. The zero-order chi connectivity index (χ0) is 21.1. The summed E-state index contributed by atoms with van der Waals surface area (Å²) in [6.07, 6.45) is 0.660. The molecule has 6 nitrogen and oxygen atoms in total. The van der Waals surface area contributed by atoms with Crippen LogP contribution in [-0.4, -0.2) is 20.3 Å². The molecule has 154 valence electrons. The third-order valence-electron chi connectivity index (χ3n) is 5.89. The van der Waals surface area contributed by atoms with Crippen molar-refractivity contribution >= 4 is 10.9 Å². The van der Waals surface area contributed by atoms with Gasteiger partial charge in [0.05, 0.1) is 40.5 Å². The van der Waals surface area contributed by atoms with Crippen LogP contribution in [0.3, 0.4) is 0 Å². The van der Waals surface area contributed by atoms with Crippen molar-refractivity contribution in [2.24, 2.45) is 20.0 Å². The van der Waals surface area contributed by atoms with Crippen molar-refractivity contribution in [2.45, 2.75) is 45.8 Å². The molecule has 0 fully saturated rings. The number of fused-ring (bicyclic) bond motifs is 3. The van der Waals surface area contributed by atoms with Gasteiger partial charge in [-0.3, -0.25) is 13.9 Å². The molecule has 0 saturated carbocycles. The van der Waals surface area contributed by atoms with Gasteiger partial charge in [-0.1, -0.05) is 44.2 Å². The van der Waals surface area contributed by atoms with Gasteiger partial charge in [0.2, 0.25) is 0 Å². The number of rotatable bonds is 3. The van der Waals surface area contributed by atoms with Gasteiger partial charge < -0.3 is 9.30 Å². The molecule has 0 bridgehead atoms. The van der Waals surface area contributed by atoms with Gasteiger partial charge in [-0.15, -0.1) is 0 Å². The average molecular weight is 396 g/mol. The first-order valence-electron chi connectivity index (χ1n) is 10.2. The Morgan fingerprint density at radius 3 is 2.38 bits per heavy atom. The Bertz CT molecular complexity index is 1200. The van der Waals surface area contributed by atoms with Crippen LogP contribution in [0, 0.1) is 5.92 Å². The SMILES string of the molecule is CC(C)C[C@H]1OCC(C)(C)n2c(-c3ccccc3)c3c(=O)n(C)c(=O)n(C)c3c21. The lowest BCUT2D eigenvalue weighted by Gasteiger charge is -2.39. The predicted molar refractivity (Wildman–Crippen MR) is 115 cm³/mol. The Kier molecular flexibility index (Phi) is 4.57. The summed E-state index contributed by atoms with van der Waals surface area (Å²) in [5, 5.41) is 0.586. The topological polar surface area (TPSA) is 58.2 Å². The molecule has 0 amide bonds. The quantitative estimate of drug-likeness (QED) is 0.681. The fraction of sp³-hybridized carbons (Fsp3) is 0.478. The Morgan fingerprint density at radius 1 is 1.10 bits per heavy atom. The van der Waals surface area contributed by atoms with Crippen molar-refractivity contribution in [2.75, 3.05) is 6.61 Å². The number of nitrogens with zero attached hydrogens (tertiary/aromatic N) is 3. The van der Waals surface area contributed by atoms with Crippen LogP contribution in [0.25, 0.3) is 22.2 Å². The van der Waals surface area contributed by atoms with Gasteiger partial charge >= 0.3 is 5.69 Å². The van der Waals surface area contributed by atoms with E-state index in [0.29, 0.717) is 23.4 Å². The number of aryl methyl sites for hydroxylation is 1. The van der Waals surface area contributed by atoms with Crippen molar-refractivity contribution in [3.63, 3.8) is 0 Å². The lowest BCUT2D eigenvalue weighted by Crippen LogP contribution is -2.40. The molecular weight excluding hydrogens is 366 g/mol. The zero-order valence-electron chi connectivity index (χ0n) is 18.0. The van der Waals surface area contributed by atoms with Gasteiger partial charge in [0.15, 0.2) is 0 Å². The highest BCUT2D eigenvalue weighted by molar-refractivity contribution is 5.96. The van der Waals surface area contributed by atoms with Crippen LogP contribution in [0.1, 0.15) is 45.9 Å². The molecule has 3 heterocycles. The minimum Gasteiger partial charge on any atom is -0.369 e. The third-order valence-corrected chi connectivity index (χ3v) is 5.89. The zero-order valence-corrected chi connectivity index (χ0v) is 18.0. The molecule has 1 aromatic carbocycles. The molecule has 1 aliphatic heterocycles. The lowest BCUT2D eigenvalue weighted by molar-refractivity contribution is -0.0367. The van der Waals surface area contributed by atoms with Gasteiger partial charge in [-0.25, -0.2) is 4.79 Å². The van der Waals surface area contributed by atoms with Crippen molar-refractivity contribution in [1.29, 1.82) is 0 Å². The smallest absolute Gasteiger partial charge is 0.331 e. The van der Waals surface area contributed by atoms with Crippen LogP contribution in [0.5, 0.6) is 0 Å². The van der Waals surface area contributed by atoms with E-state index < -0.39 is 0 Å². The van der Waals surface area contributed by atoms with E-state index in [0.717, 1.165) is 23.4 Å². The first-order valence-corrected chi connectivity index (χ1v) is 10.2. The average Bonchev–Trinajstić information content (AvgIpc) is 3.05. The molecule has 2 aromatic heterocycles. The Balaban J connectivity index is 2.26. The van der Waals surface area contributed by atoms with E-state index >= 15 is 0 Å². The number of aromatic nitrogens is 3. The van der Waals surface area contributed by atoms with Crippen LogP contribution in [-0.2, 0) is 24.4 Å². The first kappa shape index (κ1) is 19.7. The molecular formula is C23H29N3O3. The molecule has 0 radical (unpaired) electrons. The van der Waals surface area contributed by atoms with Crippen LogP contribution in [0.15, 0.2) is 39.9 Å².